The summed E-state index contributed by atoms with van der Waals surface area (Å²) < 4.78 is 7.52. The van der Waals surface area contributed by atoms with E-state index in [0.717, 1.165) is 35.9 Å². The van der Waals surface area contributed by atoms with Gasteiger partial charge in [-0.1, -0.05) is 6.42 Å². The summed E-state index contributed by atoms with van der Waals surface area (Å²) in [6.45, 7) is 6.04. The van der Waals surface area contributed by atoms with Gasteiger partial charge in [-0.3, -0.25) is 0 Å². The minimum atomic E-state index is 0.292. The summed E-state index contributed by atoms with van der Waals surface area (Å²) >= 11 is 0. The van der Waals surface area contributed by atoms with Gasteiger partial charge in [0.1, 0.15) is 0 Å². The van der Waals surface area contributed by atoms with Gasteiger partial charge < -0.3 is 14.6 Å². The van der Waals surface area contributed by atoms with Gasteiger partial charge in [0.2, 0.25) is 5.95 Å². The molecule has 0 aliphatic heterocycles. The molecular formula is C16H27N3O. The zero-order valence-corrected chi connectivity index (χ0v) is 12.9. The molecule has 112 valence electrons. The molecule has 3 rings (SSSR count). The summed E-state index contributed by atoms with van der Waals surface area (Å²) in [5.41, 5.74) is 1.10. The molecule has 1 aromatic rings. The maximum Gasteiger partial charge on any atom is 0.203 e. The second kappa shape index (κ2) is 5.76. The zero-order valence-electron chi connectivity index (χ0n) is 12.9. The van der Waals surface area contributed by atoms with E-state index in [-0.39, 0.29) is 0 Å². The number of fused-ring (bicyclic) bond motifs is 2. The summed E-state index contributed by atoms with van der Waals surface area (Å²) in [4.78, 5) is 4.63. The first-order valence-corrected chi connectivity index (χ1v) is 7.95. The monoisotopic (exact) mass is 277 g/mol. The number of nitrogens with one attached hydrogen (secondary N) is 1. The molecule has 2 aliphatic carbocycles. The quantitative estimate of drug-likeness (QED) is 0.868. The molecule has 2 bridgehead atoms. The summed E-state index contributed by atoms with van der Waals surface area (Å²) in [5.74, 6) is 3.85. The van der Waals surface area contributed by atoms with Crippen molar-refractivity contribution in [1.82, 2.24) is 9.55 Å². The SMILES string of the molecule is COCC(C)Nc1nc(C)cn1CC1CC2CCC1C2. The minimum Gasteiger partial charge on any atom is -0.383 e. The smallest absolute Gasteiger partial charge is 0.203 e. The van der Waals surface area contributed by atoms with Crippen LogP contribution in [0.3, 0.4) is 0 Å². The minimum absolute atomic E-state index is 0.292. The highest BCUT2D eigenvalue weighted by Crippen LogP contribution is 2.49. The molecule has 1 N–H and O–H groups in total. The highest BCUT2D eigenvalue weighted by Gasteiger charge is 2.39. The first-order valence-electron chi connectivity index (χ1n) is 7.95. The van der Waals surface area contributed by atoms with Gasteiger partial charge in [0.05, 0.1) is 12.3 Å². The van der Waals surface area contributed by atoms with Crippen LogP contribution < -0.4 is 5.32 Å². The zero-order chi connectivity index (χ0) is 14.1. The predicted molar refractivity (Wildman–Crippen MR) is 80.9 cm³/mol. The molecule has 2 saturated carbocycles. The number of hydrogen-bond acceptors (Lipinski definition) is 3. The Morgan fingerprint density at radius 1 is 1.45 bits per heavy atom. The van der Waals surface area contributed by atoms with E-state index in [4.69, 9.17) is 4.74 Å². The van der Waals surface area contributed by atoms with Gasteiger partial charge in [-0.15, -0.1) is 0 Å². The van der Waals surface area contributed by atoms with E-state index in [1.54, 1.807) is 7.11 Å². The number of aryl methyl sites for hydroxylation is 1. The number of methoxy groups -OCH3 is 1. The Labute approximate surface area is 121 Å². The predicted octanol–water partition coefficient (Wildman–Crippen LogP) is 3.07. The molecule has 0 aromatic carbocycles. The lowest BCUT2D eigenvalue weighted by molar-refractivity contribution is 0.190. The molecule has 1 heterocycles. The summed E-state index contributed by atoms with van der Waals surface area (Å²) in [7, 11) is 1.74. The standard InChI is InChI=1S/C16H27N3O/c1-11-8-19(16(17-11)18-12(2)10-20-3)9-15-7-13-4-5-14(15)6-13/h8,12-15H,4-7,9-10H2,1-3H3,(H,17,18). The summed E-state index contributed by atoms with van der Waals surface area (Å²) in [5, 5.41) is 3.48. The van der Waals surface area contributed by atoms with E-state index in [1.165, 1.54) is 25.7 Å². The summed E-state index contributed by atoms with van der Waals surface area (Å²) in [6, 6.07) is 0.292. The fourth-order valence-electron chi connectivity index (χ4n) is 4.17. The first-order chi connectivity index (χ1) is 9.65. The fraction of sp³-hybridized carbons (Fsp3) is 0.812. The Kier molecular flexibility index (Phi) is 4.01. The lowest BCUT2D eigenvalue weighted by atomic mass is 9.89. The van der Waals surface area contributed by atoms with Crippen molar-refractivity contribution in [3.63, 3.8) is 0 Å². The van der Waals surface area contributed by atoms with E-state index in [0.29, 0.717) is 12.6 Å². The van der Waals surface area contributed by atoms with E-state index in [1.807, 2.05) is 0 Å². The van der Waals surface area contributed by atoms with Gasteiger partial charge >= 0.3 is 0 Å². The van der Waals surface area contributed by atoms with Crippen LogP contribution in [0.4, 0.5) is 5.95 Å². The molecule has 4 atom stereocenters. The van der Waals surface area contributed by atoms with Crippen molar-refractivity contribution in [1.29, 1.82) is 0 Å². The fourth-order valence-corrected chi connectivity index (χ4v) is 4.17. The van der Waals surface area contributed by atoms with Gasteiger partial charge in [-0.25, -0.2) is 4.98 Å². The first kappa shape index (κ1) is 13.9. The van der Waals surface area contributed by atoms with Gasteiger partial charge in [0, 0.05) is 25.9 Å². The van der Waals surface area contributed by atoms with E-state index in [2.05, 4.69) is 34.9 Å². The van der Waals surface area contributed by atoms with Crippen LogP contribution in [0.5, 0.6) is 0 Å². The number of nitrogens with zero attached hydrogens (tertiary/aromatic N) is 2. The number of hydrogen-bond donors (Lipinski definition) is 1. The van der Waals surface area contributed by atoms with Crippen LogP contribution in [0, 0.1) is 24.7 Å². The number of rotatable bonds is 6. The summed E-state index contributed by atoms with van der Waals surface area (Å²) in [6.07, 6.45) is 8.01. The molecular weight excluding hydrogens is 250 g/mol. The van der Waals surface area contributed by atoms with Crippen molar-refractivity contribution < 1.29 is 4.74 Å². The molecule has 4 unspecified atom stereocenters. The van der Waals surface area contributed by atoms with Crippen LogP contribution in [0.15, 0.2) is 6.20 Å². The molecule has 2 aliphatic rings. The average molecular weight is 277 g/mol. The molecule has 0 spiro atoms. The van der Waals surface area contributed by atoms with Gasteiger partial charge in [0.15, 0.2) is 0 Å². The van der Waals surface area contributed by atoms with Crippen LogP contribution in [0.1, 0.15) is 38.3 Å². The second-order valence-electron chi connectivity index (χ2n) is 6.79. The van der Waals surface area contributed by atoms with Crippen LogP contribution in [-0.2, 0) is 11.3 Å². The van der Waals surface area contributed by atoms with Crippen LogP contribution in [0.25, 0.3) is 0 Å². The molecule has 1 aromatic heterocycles. The topological polar surface area (TPSA) is 39.1 Å². The number of ether oxygens (including phenoxy) is 1. The number of aromatic nitrogens is 2. The number of imidazole rings is 1. The van der Waals surface area contributed by atoms with E-state index < -0.39 is 0 Å². The van der Waals surface area contributed by atoms with E-state index >= 15 is 0 Å². The van der Waals surface area contributed by atoms with Crippen LogP contribution in [0.2, 0.25) is 0 Å². The van der Waals surface area contributed by atoms with Gasteiger partial charge in [-0.05, 0) is 50.9 Å². The van der Waals surface area contributed by atoms with Crippen LogP contribution in [-0.4, -0.2) is 29.3 Å². The average Bonchev–Trinajstić information content (AvgIpc) is 3.06. The van der Waals surface area contributed by atoms with Crippen molar-refractivity contribution in [2.45, 2.75) is 52.1 Å². The van der Waals surface area contributed by atoms with Crippen molar-refractivity contribution in [3.8, 4) is 0 Å². The molecule has 0 saturated heterocycles. The third-order valence-electron chi connectivity index (χ3n) is 5.00. The van der Waals surface area contributed by atoms with E-state index in [9.17, 15) is 0 Å². The highest BCUT2D eigenvalue weighted by molar-refractivity contribution is 5.30. The Morgan fingerprint density at radius 3 is 2.95 bits per heavy atom. The number of anilines is 1. The Hall–Kier alpha value is -1.03. The molecule has 4 heteroatoms. The van der Waals surface area contributed by atoms with Gasteiger partial charge in [-0.2, -0.15) is 0 Å². The maximum atomic E-state index is 5.20. The molecule has 2 fully saturated rings. The van der Waals surface area contributed by atoms with Crippen molar-refractivity contribution in [2.24, 2.45) is 17.8 Å². The lowest BCUT2D eigenvalue weighted by Gasteiger charge is -2.23. The normalized spacial score (nSPS) is 29.9. The molecule has 20 heavy (non-hydrogen) atoms. The van der Waals surface area contributed by atoms with Crippen molar-refractivity contribution in [2.75, 3.05) is 19.0 Å². The molecule has 0 radical (unpaired) electrons. The second-order valence-corrected chi connectivity index (χ2v) is 6.79. The largest absolute Gasteiger partial charge is 0.383 e. The Morgan fingerprint density at radius 2 is 2.30 bits per heavy atom. The third-order valence-corrected chi connectivity index (χ3v) is 5.00. The van der Waals surface area contributed by atoms with Crippen molar-refractivity contribution >= 4 is 5.95 Å². The van der Waals surface area contributed by atoms with Crippen LogP contribution >= 0.6 is 0 Å². The lowest BCUT2D eigenvalue weighted by Crippen LogP contribution is -2.24. The van der Waals surface area contributed by atoms with Crippen molar-refractivity contribution in [3.05, 3.63) is 11.9 Å². The third kappa shape index (κ3) is 2.85. The molecule has 0 amide bonds. The Bertz CT molecular complexity index is 457. The maximum absolute atomic E-state index is 5.20. The highest BCUT2D eigenvalue weighted by atomic mass is 16.5. The Balaban J connectivity index is 1.66. The van der Waals surface area contributed by atoms with Gasteiger partial charge in [0.25, 0.3) is 0 Å². The molecule has 4 nitrogen and oxygen atoms in total.